The lowest BCUT2D eigenvalue weighted by molar-refractivity contribution is 0.0717. The third-order valence-corrected chi connectivity index (χ3v) is 4.95. The lowest BCUT2D eigenvalue weighted by Gasteiger charge is -2.25. The van der Waals surface area contributed by atoms with Crippen LogP contribution in [0.2, 0.25) is 5.02 Å². The average Bonchev–Trinajstić information content (AvgIpc) is 3.07. The first-order chi connectivity index (χ1) is 9.61. The zero-order valence-electron chi connectivity index (χ0n) is 12.1. The molecule has 0 bridgehead atoms. The number of amides is 1. The SMILES string of the molecule is CCCn1cc(Cl)cc1C(=O)N1CC2CNCC2C1C. The largest absolute Gasteiger partial charge is 0.342 e. The lowest BCUT2D eigenvalue weighted by Crippen LogP contribution is -2.39. The number of carbonyl (C=O) groups excluding carboxylic acids is 1. The standard InChI is InChI=1S/C15H22ClN3O/c1-3-4-18-9-12(16)5-14(18)15(20)19-8-11-6-17-7-13(11)10(19)2/h5,9-11,13,17H,3-4,6-8H2,1-2H3. The monoisotopic (exact) mass is 295 g/mol. The molecule has 20 heavy (non-hydrogen) atoms. The number of nitrogens with zero attached hydrogens (tertiary/aromatic N) is 2. The van der Waals surface area contributed by atoms with Crippen molar-refractivity contribution in [2.24, 2.45) is 11.8 Å². The number of aromatic nitrogens is 1. The van der Waals surface area contributed by atoms with E-state index in [0.717, 1.165) is 38.3 Å². The number of fused-ring (bicyclic) bond motifs is 1. The van der Waals surface area contributed by atoms with Gasteiger partial charge in [-0.05, 0) is 31.2 Å². The summed E-state index contributed by atoms with van der Waals surface area (Å²) in [5.74, 6) is 1.34. The lowest BCUT2D eigenvalue weighted by atomic mass is 9.95. The molecule has 0 saturated carbocycles. The van der Waals surface area contributed by atoms with E-state index in [9.17, 15) is 4.79 Å². The summed E-state index contributed by atoms with van der Waals surface area (Å²) < 4.78 is 1.99. The molecule has 2 fully saturated rings. The molecule has 2 aliphatic rings. The molecule has 3 atom stereocenters. The van der Waals surface area contributed by atoms with E-state index in [1.807, 2.05) is 15.7 Å². The summed E-state index contributed by atoms with van der Waals surface area (Å²) in [4.78, 5) is 14.9. The Labute approximate surface area is 125 Å². The fraction of sp³-hybridized carbons (Fsp3) is 0.667. The second-order valence-electron chi connectivity index (χ2n) is 6.02. The van der Waals surface area contributed by atoms with Crippen molar-refractivity contribution in [3.05, 3.63) is 23.0 Å². The maximum absolute atomic E-state index is 12.8. The smallest absolute Gasteiger partial charge is 0.270 e. The number of likely N-dealkylation sites (tertiary alicyclic amines) is 1. The maximum Gasteiger partial charge on any atom is 0.270 e. The number of hydrogen-bond acceptors (Lipinski definition) is 2. The van der Waals surface area contributed by atoms with Gasteiger partial charge in [0.15, 0.2) is 0 Å². The summed E-state index contributed by atoms with van der Waals surface area (Å²) in [6.45, 7) is 8.06. The van der Waals surface area contributed by atoms with Crippen LogP contribution in [0.15, 0.2) is 12.3 Å². The number of rotatable bonds is 3. The van der Waals surface area contributed by atoms with Gasteiger partial charge in [-0.1, -0.05) is 18.5 Å². The quantitative estimate of drug-likeness (QED) is 0.928. The van der Waals surface area contributed by atoms with Gasteiger partial charge in [-0.15, -0.1) is 0 Å². The molecule has 3 unspecified atom stereocenters. The van der Waals surface area contributed by atoms with Crippen LogP contribution in [0.4, 0.5) is 0 Å². The molecular weight excluding hydrogens is 274 g/mol. The minimum atomic E-state index is 0.132. The molecule has 3 heterocycles. The number of carbonyl (C=O) groups is 1. The molecule has 1 aromatic rings. The van der Waals surface area contributed by atoms with Crippen LogP contribution in [0, 0.1) is 11.8 Å². The Morgan fingerprint density at radius 1 is 1.50 bits per heavy atom. The Hall–Kier alpha value is -1.00. The molecular formula is C15H22ClN3O. The molecule has 1 N–H and O–H groups in total. The first-order valence-corrected chi connectivity index (χ1v) is 7.87. The Morgan fingerprint density at radius 2 is 2.30 bits per heavy atom. The predicted octanol–water partition coefficient (Wildman–Crippen LogP) is 2.23. The van der Waals surface area contributed by atoms with Crippen LogP contribution in [0.25, 0.3) is 0 Å². The van der Waals surface area contributed by atoms with Gasteiger partial charge in [0, 0.05) is 38.4 Å². The van der Waals surface area contributed by atoms with Crippen molar-refractivity contribution in [3.8, 4) is 0 Å². The van der Waals surface area contributed by atoms with Crippen molar-refractivity contribution in [1.82, 2.24) is 14.8 Å². The van der Waals surface area contributed by atoms with Crippen LogP contribution in [0.5, 0.6) is 0 Å². The third kappa shape index (κ3) is 2.25. The highest BCUT2D eigenvalue weighted by atomic mass is 35.5. The van der Waals surface area contributed by atoms with E-state index in [2.05, 4.69) is 19.2 Å². The second-order valence-corrected chi connectivity index (χ2v) is 6.45. The van der Waals surface area contributed by atoms with Gasteiger partial charge < -0.3 is 14.8 Å². The predicted molar refractivity (Wildman–Crippen MR) is 80.1 cm³/mol. The first-order valence-electron chi connectivity index (χ1n) is 7.49. The van der Waals surface area contributed by atoms with Crippen LogP contribution >= 0.6 is 11.6 Å². The minimum Gasteiger partial charge on any atom is -0.342 e. The van der Waals surface area contributed by atoms with Crippen molar-refractivity contribution < 1.29 is 4.79 Å². The van der Waals surface area contributed by atoms with Gasteiger partial charge in [0.05, 0.1) is 5.02 Å². The minimum absolute atomic E-state index is 0.132. The van der Waals surface area contributed by atoms with Crippen molar-refractivity contribution in [2.75, 3.05) is 19.6 Å². The van der Waals surface area contributed by atoms with Crippen LogP contribution in [-0.4, -0.2) is 41.1 Å². The summed E-state index contributed by atoms with van der Waals surface area (Å²) in [7, 11) is 0. The molecule has 5 heteroatoms. The van der Waals surface area contributed by atoms with Gasteiger partial charge in [0.1, 0.15) is 5.69 Å². The Morgan fingerprint density at radius 3 is 3.00 bits per heavy atom. The second kappa shape index (κ2) is 5.41. The summed E-state index contributed by atoms with van der Waals surface area (Å²) in [5.41, 5.74) is 0.733. The molecule has 1 amide bonds. The van der Waals surface area contributed by atoms with Gasteiger partial charge in [-0.25, -0.2) is 0 Å². The molecule has 0 radical (unpaired) electrons. The van der Waals surface area contributed by atoms with E-state index in [1.54, 1.807) is 6.07 Å². The average molecular weight is 296 g/mol. The summed E-state index contributed by atoms with van der Waals surface area (Å²) in [6, 6.07) is 2.12. The Balaban J connectivity index is 1.82. The van der Waals surface area contributed by atoms with Gasteiger partial charge in [0.25, 0.3) is 5.91 Å². The van der Waals surface area contributed by atoms with Gasteiger partial charge in [0.2, 0.25) is 0 Å². The van der Waals surface area contributed by atoms with Gasteiger partial charge >= 0.3 is 0 Å². The van der Waals surface area contributed by atoms with E-state index in [0.29, 0.717) is 22.9 Å². The first kappa shape index (κ1) is 14.0. The Bertz CT molecular complexity index is 513. The van der Waals surface area contributed by atoms with Crippen molar-refractivity contribution in [3.63, 3.8) is 0 Å². The zero-order chi connectivity index (χ0) is 14.3. The topological polar surface area (TPSA) is 37.3 Å². The fourth-order valence-corrected chi connectivity index (χ4v) is 3.88. The summed E-state index contributed by atoms with van der Waals surface area (Å²) in [5, 5.41) is 4.07. The highest BCUT2D eigenvalue weighted by molar-refractivity contribution is 6.31. The van der Waals surface area contributed by atoms with Crippen LogP contribution in [0.3, 0.4) is 0 Å². The number of aryl methyl sites for hydroxylation is 1. The van der Waals surface area contributed by atoms with Crippen LogP contribution < -0.4 is 5.32 Å². The third-order valence-electron chi connectivity index (χ3n) is 4.74. The molecule has 1 aromatic heterocycles. The molecule has 110 valence electrons. The molecule has 0 aromatic carbocycles. The van der Waals surface area contributed by atoms with Crippen molar-refractivity contribution >= 4 is 17.5 Å². The van der Waals surface area contributed by atoms with Gasteiger partial charge in [-0.3, -0.25) is 4.79 Å². The fourth-order valence-electron chi connectivity index (χ4n) is 3.66. The Kier molecular flexibility index (Phi) is 3.78. The highest BCUT2D eigenvalue weighted by Gasteiger charge is 2.44. The summed E-state index contributed by atoms with van der Waals surface area (Å²) in [6.07, 6.45) is 2.86. The molecule has 0 spiro atoms. The zero-order valence-corrected chi connectivity index (χ0v) is 12.9. The normalized spacial score (nSPS) is 28.9. The number of hydrogen-bond donors (Lipinski definition) is 1. The van der Waals surface area contributed by atoms with E-state index in [-0.39, 0.29) is 5.91 Å². The van der Waals surface area contributed by atoms with E-state index in [4.69, 9.17) is 11.6 Å². The van der Waals surface area contributed by atoms with Gasteiger partial charge in [-0.2, -0.15) is 0 Å². The van der Waals surface area contributed by atoms with E-state index >= 15 is 0 Å². The van der Waals surface area contributed by atoms with E-state index in [1.165, 1.54) is 0 Å². The summed E-state index contributed by atoms with van der Waals surface area (Å²) >= 11 is 6.08. The number of nitrogens with one attached hydrogen (secondary N) is 1. The van der Waals surface area contributed by atoms with E-state index < -0.39 is 0 Å². The number of halogens is 1. The molecule has 2 aliphatic heterocycles. The molecule has 4 nitrogen and oxygen atoms in total. The van der Waals surface area contributed by atoms with Crippen LogP contribution in [0.1, 0.15) is 30.8 Å². The van der Waals surface area contributed by atoms with Crippen LogP contribution in [-0.2, 0) is 6.54 Å². The maximum atomic E-state index is 12.8. The molecule has 0 aliphatic carbocycles. The van der Waals surface area contributed by atoms with Crippen molar-refractivity contribution in [2.45, 2.75) is 32.9 Å². The molecule has 3 rings (SSSR count). The molecule has 2 saturated heterocycles. The highest BCUT2D eigenvalue weighted by Crippen LogP contribution is 2.33. The van der Waals surface area contributed by atoms with Crippen molar-refractivity contribution in [1.29, 1.82) is 0 Å².